The van der Waals surface area contributed by atoms with Crippen molar-refractivity contribution in [1.29, 1.82) is 0 Å². The molecule has 0 aliphatic heterocycles. The molecule has 3 nitrogen and oxygen atoms in total. The van der Waals surface area contributed by atoms with Gasteiger partial charge in [-0.2, -0.15) is 0 Å². The van der Waals surface area contributed by atoms with Gasteiger partial charge in [0.25, 0.3) is 0 Å². The van der Waals surface area contributed by atoms with Crippen molar-refractivity contribution < 1.29 is 9.53 Å². The van der Waals surface area contributed by atoms with Crippen LogP contribution in [0.5, 0.6) is 5.75 Å². The number of hydrogen-bond acceptors (Lipinski definition) is 3. The molecular weight excluding hydrogens is 454 g/mol. The number of rotatable bonds is 11. The summed E-state index contributed by atoms with van der Waals surface area (Å²) in [6.45, 7) is 4.31. The Labute approximate surface area is 220 Å². The fraction of sp³-hybridized carbons (Fsp3) is 0.235. The van der Waals surface area contributed by atoms with Gasteiger partial charge in [0.1, 0.15) is 5.75 Å². The average molecular weight is 490 g/mol. The van der Waals surface area contributed by atoms with Crippen molar-refractivity contribution in [1.82, 2.24) is 0 Å². The maximum absolute atomic E-state index is 12.7. The molecule has 0 heterocycles. The molecule has 37 heavy (non-hydrogen) atoms. The third-order valence-electron chi connectivity index (χ3n) is 6.55. The van der Waals surface area contributed by atoms with Crippen molar-refractivity contribution >= 4 is 12.2 Å². The summed E-state index contributed by atoms with van der Waals surface area (Å²) in [5, 5.41) is 0. The summed E-state index contributed by atoms with van der Waals surface area (Å²) in [6.07, 6.45) is 8.09. The fourth-order valence-electron chi connectivity index (χ4n) is 4.22. The van der Waals surface area contributed by atoms with Gasteiger partial charge in [-0.25, -0.2) is 4.79 Å². The van der Waals surface area contributed by atoms with Gasteiger partial charge in [0.2, 0.25) is 0 Å². The normalized spacial score (nSPS) is 11.9. The van der Waals surface area contributed by atoms with E-state index in [2.05, 4.69) is 55.2 Å². The Morgan fingerprint density at radius 1 is 0.784 bits per heavy atom. The Kier molecular flexibility index (Phi) is 9.42. The molecule has 3 heteroatoms. The van der Waals surface area contributed by atoms with Crippen molar-refractivity contribution in [2.24, 2.45) is 4.99 Å². The summed E-state index contributed by atoms with van der Waals surface area (Å²) in [6, 6.07) is 34.0. The molecule has 0 N–H and O–H groups in total. The van der Waals surface area contributed by atoms with Crippen LogP contribution in [0.15, 0.2) is 108 Å². The van der Waals surface area contributed by atoms with Gasteiger partial charge in [-0.1, -0.05) is 92.9 Å². The van der Waals surface area contributed by atoms with Crippen LogP contribution in [0.2, 0.25) is 0 Å². The second-order valence-corrected chi connectivity index (χ2v) is 9.41. The molecule has 0 fully saturated rings. The highest BCUT2D eigenvalue weighted by atomic mass is 16.5. The summed E-state index contributed by atoms with van der Waals surface area (Å²) in [5.74, 6) is 0.143. The van der Waals surface area contributed by atoms with Crippen molar-refractivity contribution in [3.63, 3.8) is 0 Å². The van der Waals surface area contributed by atoms with E-state index in [0.717, 1.165) is 23.1 Å². The van der Waals surface area contributed by atoms with Crippen molar-refractivity contribution in [3.05, 3.63) is 125 Å². The van der Waals surface area contributed by atoms with Crippen LogP contribution in [0.25, 0.3) is 11.1 Å². The molecule has 0 spiro atoms. The number of aliphatic imine (C=N–C) groups is 1. The van der Waals surface area contributed by atoms with Crippen LogP contribution in [0.4, 0.5) is 0 Å². The molecule has 0 saturated heterocycles. The zero-order chi connectivity index (χ0) is 25.9. The first kappa shape index (κ1) is 26.1. The van der Waals surface area contributed by atoms with Crippen LogP contribution < -0.4 is 4.74 Å². The van der Waals surface area contributed by atoms with E-state index in [4.69, 9.17) is 4.74 Å². The van der Waals surface area contributed by atoms with Gasteiger partial charge in [-0.15, -0.1) is 0 Å². The van der Waals surface area contributed by atoms with Gasteiger partial charge in [0.05, 0.1) is 11.6 Å². The first-order valence-electron chi connectivity index (χ1n) is 13.2. The molecular formula is C34H35NO2. The molecule has 0 saturated carbocycles. The minimum Gasteiger partial charge on any atom is -0.423 e. The van der Waals surface area contributed by atoms with E-state index in [1.807, 2.05) is 60.8 Å². The van der Waals surface area contributed by atoms with Gasteiger partial charge in [0, 0.05) is 6.21 Å². The summed E-state index contributed by atoms with van der Waals surface area (Å²) >= 11 is 0. The molecule has 4 aromatic rings. The van der Waals surface area contributed by atoms with Gasteiger partial charge >= 0.3 is 5.97 Å². The quantitative estimate of drug-likeness (QED) is 0.0913. The number of aryl methyl sites for hydroxylation is 1. The number of esters is 1. The summed E-state index contributed by atoms with van der Waals surface area (Å²) in [4.78, 5) is 17.3. The van der Waals surface area contributed by atoms with Crippen molar-refractivity contribution in [2.75, 3.05) is 0 Å². The maximum atomic E-state index is 12.7. The van der Waals surface area contributed by atoms with Crippen LogP contribution in [0.3, 0.4) is 0 Å². The summed E-state index contributed by atoms with van der Waals surface area (Å²) in [5.41, 5.74) is 6.27. The second-order valence-electron chi connectivity index (χ2n) is 9.41. The molecule has 4 rings (SSSR count). The SMILES string of the molecule is CCCCCCc1ccc(-c2ccc(C(=O)Oc3ccc(C=N[C@@H](C)c4ccccc4)cc3)cc2)cc1. The smallest absolute Gasteiger partial charge is 0.343 e. The Balaban J connectivity index is 1.31. The third-order valence-corrected chi connectivity index (χ3v) is 6.55. The lowest BCUT2D eigenvalue weighted by molar-refractivity contribution is 0.0735. The lowest BCUT2D eigenvalue weighted by Gasteiger charge is -2.08. The molecule has 4 aromatic carbocycles. The maximum Gasteiger partial charge on any atom is 0.343 e. The first-order chi connectivity index (χ1) is 18.1. The largest absolute Gasteiger partial charge is 0.423 e. The summed E-state index contributed by atoms with van der Waals surface area (Å²) in [7, 11) is 0. The van der Waals surface area contributed by atoms with E-state index in [9.17, 15) is 4.79 Å². The van der Waals surface area contributed by atoms with Crippen LogP contribution >= 0.6 is 0 Å². The van der Waals surface area contributed by atoms with E-state index in [-0.39, 0.29) is 12.0 Å². The van der Waals surface area contributed by atoms with Crippen LogP contribution in [-0.2, 0) is 6.42 Å². The number of hydrogen-bond donors (Lipinski definition) is 0. The molecule has 0 bridgehead atoms. The number of nitrogens with zero attached hydrogens (tertiary/aromatic N) is 1. The van der Waals surface area contributed by atoms with E-state index >= 15 is 0 Å². The van der Waals surface area contributed by atoms with Crippen molar-refractivity contribution in [2.45, 2.75) is 52.0 Å². The highest BCUT2D eigenvalue weighted by molar-refractivity contribution is 5.91. The van der Waals surface area contributed by atoms with E-state index in [0.29, 0.717) is 11.3 Å². The van der Waals surface area contributed by atoms with Crippen LogP contribution in [0.1, 0.15) is 72.6 Å². The number of carbonyl (C=O) groups excluding carboxylic acids is 1. The molecule has 0 radical (unpaired) electrons. The molecule has 188 valence electrons. The average Bonchev–Trinajstić information content (AvgIpc) is 2.95. The standard InChI is InChI=1S/C34H35NO2/c1-3-4-5-7-10-27-13-17-30(18-14-27)31-19-21-32(22-20-31)34(36)37-33-23-15-28(16-24-33)25-35-26(2)29-11-8-6-9-12-29/h6,8-9,11-26H,3-5,7,10H2,1-2H3/t26-/m0/s1. The highest BCUT2D eigenvalue weighted by Gasteiger charge is 2.09. The number of unbranched alkanes of at least 4 members (excludes halogenated alkanes) is 3. The highest BCUT2D eigenvalue weighted by Crippen LogP contribution is 2.22. The lowest BCUT2D eigenvalue weighted by atomic mass is 10.0. The van der Waals surface area contributed by atoms with Crippen LogP contribution in [-0.4, -0.2) is 12.2 Å². The van der Waals surface area contributed by atoms with E-state index in [1.165, 1.54) is 36.8 Å². The molecule has 0 amide bonds. The zero-order valence-electron chi connectivity index (χ0n) is 21.8. The molecule has 0 aliphatic rings. The third kappa shape index (κ3) is 7.75. The fourth-order valence-corrected chi connectivity index (χ4v) is 4.22. The molecule has 0 unspecified atom stereocenters. The van der Waals surface area contributed by atoms with Gasteiger partial charge < -0.3 is 4.74 Å². The van der Waals surface area contributed by atoms with Crippen LogP contribution in [0, 0.1) is 0 Å². The van der Waals surface area contributed by atoms with E-state index in [1.54, 1.807) is 12.1 Å². The van der Waals surface area contributed by atoms with Gasteiger partial charge in [-0.3, -0.25) is 4.99 Å². The Morgan fingerprint density at radius 3 is 2.08 bits per heavy atom. The monoisotopic (exact) mass is 489 g/mol. The first-order valence-corrected chi connectivity index (χ1v) is 13.2. The Bertz CT molecular complexity index is 1270. The number of carbonyl (C=O) groups is 1. The molecule has 0 aromatic heterocycles. The lowest BCUT2D eigenvalue weighted by Crippen LogP contribution is -2.08. The molecule has 1 atom stereocenters. The van der Waals surface area contributed by atoms with Gasteiger partial charge in [-0.05, 0) is 84.0 Å². The molecule has 0 aliphatic carbocycles. The van der Waals surface area contributed by atoms with Gasteiger partial charge in [0.15, 0.2) is 0 Å². The Morgan fingerprint density at radius 2 is 1.43 bits per heavy atom. The summed E-state index contributed by atoms with van der Waals surface area (Å²) < 4.78 is 5.58. The minimum atomic E-state index is -0.368. The van der Waals surface area contributed by atoms with Crippen molar-refractivity contribution in [3.8, 4) is 16.9 Å². The van der Waals surface area contributed by atoms with E-state index < -0.39 is 0 Å². The second kappa shape index (κ2) is 13.4. The topological polar surface area (TPSA) is 38.7 Å². The predicted molar refractivity (Wildman–Crippen MR) is 154 cm³/mol. The number of ether oxygens (including phenoxy) is 1. The predicted octanol–water partition coefficient (Wildman–Crippen LogP) is 8.88. The minimum absolute atomic E-state index is 0.0789. The zero-order valence-corrected chi connectivity index (χ0v) is 21.8. The Hall–Kier alpha value is -3.98. The number of benzene rings is 4.